The van der Waals surface area contributed by atoms with Crippen molar-refractivity contribution in [3.05, 3.63) is 0 Å². The molecule has 1 aliphatic heterocycles. The summed E-state index contributed by atoms with van der Waals surface area (Å²) >= 11 is 0. The lowest BCUT2D eigenvalue weighted by Gasteiger charge is -2.20. The van der Waals surface area contributed by atoms with E-state index in [0.29, 0.717) is 19.4 Å². The van der Waals surface area contributed by atoms with Crippen LogP contribution in [0.5, 0.6) is 0 Å². The fourth-order valence-corrected chi connectivity index (χ4v) is 4.77. The molecule has 1 amide bonds. The maximum absolute atomic E-state index is 12.0. The molecule has 1 aliphatic carbocycles. The number of rotatable bonds is 7. The topological polar surface area (TPSA) is 92.5 Å². The molecule has 0 bridgehead atoms. The molecule has 1 saturated heterocycles. The highest BCUT2D eigenvalue weighted by atomic mass is 32.2. The van der Waals surface area contributed by atoms with Crippen molar-refractivity contribution in [2.75, 3.05) is 19.6 Å². The summed E-state index contributed by atoms with van der Waals surface area (Å²) in [6.45, 7) is 1.99. The van der Waals surface area contributed by atoms with Gasteiger partial charge >= 0.3 is 0 Å². The molecule has 6 nitrogen and oxygen atoms in total. The van der Waals surface area contributed by atoms with Gasteiger partial charge in [-0.3, -0.25) is 4.79 Å². The van der Waals surface area contributed by atoms with E-state index in [1.165, 1.54) is 0 Å². The quantitative estimate of drug-likeness (QED) is 0.672. The van der Waals surface area contributed by atoms with Gasteiger partial charge in [-0.1, -0.05) is 12.8 Å². The van der Waals surface area contributed by atoms with Crippen LogP contribution in [-0.4, -0.2) is 50.2 Å². The minimum Gasteiger partial charge on any atom is -0.341 e. The number of hydrogen-bond acceptors (Lipinski definition) is 4. The van der Waals surface area contributed by atoms with Crippen molar-refractivity contribution in [3.8, 4) is 0 Å². The van der Waals surface area contributed by atoms with Gasteiger partial charge in [-0.25, -0.2) is 13.1 Å². The van der Waals surface area contributed by atoms with Crippen LogP contribution in [0.4, 0.5) is 0 Å². The lowest BCUT2D eigenvalue weighted by atomic mass is 10.1. The van der Waals surface area contributed by atoms with Crippen molar-refractivity contribution in [3.63, 3.8) is 0 Å². The van der Waals surface area contributed by atoms with E-state index >= 15 is 0 Å². The van der Waals surface area contributed by atoms with Crippen molar-refractivity contribution >= 4 is 15.9 Å². The predicted octanol–water partition coefficient (Wildman–Crippen LogP) is 0.578. The second-order valence-corrected chi connectivity index (χ2v) is 8.17. The van der Waals surface area contributed by atoms with Crippen LogP contribution in [0.15, 0.2) is 0 Å². The zero-order valence-corrected chi connectivity index (χ0v) is 13.4. The summed E-state index contributed by atoms with van der Waals surface area (Å²) in [5.41, 5.74) is 5.90. The first-order valence-corrected chi connectivity index (χ1v) is 9.58. The molecule has 0 spiro atoms. The highest BCUT2D eigenvalue weighted by Crippen LogP contribution is 2.23. The summed E-state index contributed by atoms with van der Waals surface area (Å²) in [7, 11) is -3.18. The molecule has 21 heavy (non-hydrogen) atoms. The highest BCUT2D eigenvalue weighted by Gasteiger charge is 2.28. The Hall–Kier alpha value is -0.660. The molecular formula is C14H27N3O3S. The van der Waals surface area contributed by atoms with Crippen molar-refractivity contribution < 1.29 is 13.2 Å². The van der Waals surface area contributed by atoms with E-state index in [9.17, 15) is 13.2 Å². The van der Waals surface area contributed by atoms with Gasteiger partial charge in [0.05, 0.1) is 11.3 Å². The first kappa shape index (κ1) is 16.7. The third-order valence-electron chi connectivity index (χ3n) is 4.47. The van der Waals surface area contributed by atoms with Gasteiger partial charge < -0.3 is 10.6 Å². The molecule has 3 N–H and O–H groups in total. The van der Waals surface area contributed by atoms with Crippen LogP contribution in [0, 0.1) is 0 Å². The smallest absolute Gasteiger partial charge is 0.239 e. The van der Waals surface area contributed by atoms with E-state index in [1.54, 1.807) is 0 Å². The number of amides is 1. The highest BCUT2D eigenvalue weighted by molar-refractivity contribution is 7.90. The molecule has 1 atom stereocenters. The first-order chi connectivity index (χ1) is 10.0. The Morgan fingerprint density at radius 3 is 2.43 bits per heavy atom. The van der Waals surface area contributed by atoms with Gasteiger partial charge in [-0.05, 0) is 38.5 Å². The molecule has 122 valence electrons. The summed E-state index contributed by atoms with van der Waals surface area (Å²) in [4.78, 5) is 13.8. The number of nitrogens with two attached hydrogens (primary N) is 1. The number of nitrogens with one attached hydrogen (secondary N) is 1. The maximum Gasteiger partial charge on any atom is 0.239 e. The monoisotopic (exact) mass is 317 g/mol. The van der Waals surface area contributed by atoms with Gasteiger partial charge in [-0.2, -0.15) is 0 Å². The second-order valence-electron chi connectivity index (χ2n) is 6.13. The third kappa shape index (κ3) is 4.66. The fraction of sp³-hybridized carbons (Fsp3) is 0.929. The van der Waals surface area contributed by atoms with Gasteiger partial charge in [0.1, 0.15) is 0 Å². The fourth-order valence-electron chi connectivity index (χ4n) is 3.15. The van der Waals surface area contributed by atoms with Crippen LogP contribution in [0.1, 0.15) is 51.4 Å². The first-order valence-electron chi connectivity index (χ1n) is 8.03. The molecule has 0 radical (unpaired) electrons. The SMILES string of the molecule is N[C@@H](CCCNS(=O)(=O)C1CCCC1)C(=O)N1CCCC1. The number of carbonyl (C=O) groups is 1. The summed E-state index contributed by atoms with van der Waals surface area (Å²) in [6.07, 6.45) is 6.78. The lowest BCUT2D eigenvalue weighted by Crippen LogP contribution is -2.42. The predicted molar refractivity (Wildman–Crippen MR) is 82.2 cm³/mol. The van der Waals surface area contributed by atoms with Gasteiger partial charge in [0, 0.05) is 19.6 Å². The molecule has 0 unspecified atom stereocenters. The second kappa shape index (κ2) is 7.56. The third-order valence-corrected chi connectivity index (χ3v) is 6.43. The Labute approximate surface area is 127 Å². The molecule has 0 aromatic heterocycles. The Bertz CT molecular complexity index is 440. The molecule has 0 aromatic rings. The van der Waals surface area contributed by atoms with E-state index in [4.69, 9.17) is 5.73 Å². The average molecular weight is 317 g/mol. The summed E-state index contributed by atoms with van der Waals surface area (Å²) in [5, 5.41) is -0.225. The molecule has 1 heterocycles. The zero-order chi connectivity index (χ0) is 15.3. The van der Waals surface area contributed by atoms with Crippen LogP contribution in [0.25, 0.3) is 0 Å². The van der Waals surface area contributed by atoms with E-state index in [2.05, 4.69) is 4.72 Å². The van der Waals surface area contributed by atoms with E-state index in [0.717, 1.165) is 51.6 Å². The van der Waals surface area contributed by atoms with Crippen LogP contribution >= 0.6 is 0 Å². The summed E-state index contributed by atoms with van der Waals surface area (Å²) in [6, 6.07) is -0.501. The average Bonchev–Trinajstić information content (AvgIpc) is 3.14. The van der Waals surface area contributed by atoms with Gasteiger partial charge in [-0.15, -0.1) is 0 Å². The normalized spacial score (nSPS) is 21.9. The maximum atomic E-state index is 12.0. The molecule has 2 aliphatic rings. The Kier molecular flexibility index (Phi) is 6.01. The number of likely N-dealkylation sites (tertiary alicyclic amines) is 1. The zero-order valence-electron chi connectivity index (χ0n) is 12.6. The number of nitrogens with zero attached hydrogens (tertiary/aromatic N) is 1. The number of carbonyl (C=O) groups excluding carboxylic acids is 1. The van der Waals surface area contributed by atoms with Crippen LogP contribution in [0.2, 0.25) is 0 Å². The largest absolute Gasteiger partial charge is 0.341 e. The molecule has 7 heteroatoms. The van der Waals surface area contributed by atoms with Crippen LogP contribution < -0.4 is 10.5 Å². The summed E-state index contributed by atoms with van der Waals surface area (Å²) in [5.74, 6) is 0.00569. The van der Waals surface area contributed by atoms with Gasteiger partial charge in [0.25, 0.3) is 0 Å². The number of sulfonamides is 1. The van der Waals surface area contributed by atoms with E-state index in [-0.39, 0.29) is 11.2 Å². The van der Waals surface area contributed by atoms with Crippen LogP contribution in [0.3, 0.4) is 0 Å². The Morgan fingerprint density at radius 2 is 1.81 bits per heavy atom. The Morgan fingerprint density at radius 1 is 1.19 bits per heavy atom. The van der Waals surface area contributed by atoms with Crippen molar-refractivity contribution in [1.82, 2.24) is 9.62 Å². The minimum atomic E-state index is -3.18. The van der Waals surface area contributed by atoms with Gasteiger partial charge in [0.15, 0.2) is 0 Å². The van der Waals surface area contributed by atoms with E-state index in [1.807, 2.05) is 4.90 Å². The van der Waals surface area contributed by atoms with Crippen molar-refractivity contribution in [1.29, 1.82) is 0 Å². The van der Waals surface area contributed by atoms with Gasteiger partial charge in [0.2, 0.25) is 15.9 Å². The Balaban J connectivity index is 1.65. The van der Waals surface area contributed by atoms with E-state index < -0.39 is 16.1 Å². The molecule has 1 saturated carbocycles. The minimum absolute atomic E-state index is 0.00569. The molecule has 2 rings (SSSR count). The lowest BCUT2D eigenvalue weighted by molar-refractivity contribution is -0.131. The summed E-state index contributed by atoms with van der Waals surface area (Å²) < 4.78 is 26.7. The standard InChI is InChI=1S/C14H27N3O3S/c15-13(14(18)17-10-3-4-11-17)8-5-9-16-21(19,20)12-6-1-2-7-12/h12-13,16H,1-11,15H2/t13-/m0/s1. The molecule has 0 aromatic carbocycles. The van der Waals surface area contributed by atoms with Crippen molar-refractivity contribution in [2.45, 2.75) is 62.7 Å². The molecule has 2 fully saturated rings. The van der Waals surface area contributed by atoms with Crippen LogP contribution in [-0.2, 0) is 14.8 Å². The molecular weight excluding hydrogens is 290 g/mol. The number of hydrogen-bond donors (Lipinski definition) is 2. The van der Waals surface area contributed by atoms with Crippen molar-refractivity contribution in [2.24, 2.45) is 5.73 Å².